The van der Waals surface area contributed by atoms with Crippen LogP contribution in [0.5, 0.6) is 0 Å². The number of ketones is 2. The lowest BCUT2D eigenvalue weighted by Gasteiger charge is -2.56. The summed E-state index contributed by atoms with van der Waals surface area (Å²) in [5, 5.41) is 19.2. The van der Waals surface area contributed by atoms with E-state index in [1.807, 2.05) is 0 Å². The number of allylic oxidation sites excluding steroid dienone is 3. The zero-order chi connectivity index (χ0) is 18.0. The molecule has 0 amide bonds. The highest BCUT2D eigenvalue weighted by atomic mass is 16.3. The molecule has 0 spiro atoms. The number of Topliss-reactive ketones (excluding diaryl/α,β-unsaturated/α-hetero) is 1. The van der Waals surface area contributed by atoms with Gasteiger partial charge in [0.2, 0.25) is 0 Å². The van der Waals surface area contributed by atoms with Gasteiger partial charge in [0.25, 0.3) is 0 Å². The standard InChI is InChI=1S/C21H28O4/c1-20-8-7-16-14(15(20)5-6-17(20)18(24)11-22)4-3-12-9-13(23)10-19(25)21(12,16)2/h9-10,14-17,22-23H,3-8,11H2,1-2H3/t14-,15-,16-,17+,20-,21-/m0/s1. The molecule has 25 heavy (non-hydrogen) atoms. The van der Waals surface area contributed by atoms with Crippen LogP contribution >= 0.6 is 0 Å². The zero-order valence-electron chi connectivity index (χ0n) is 15.1. The lowest BCUT2D eigenvalue weighted by molar-refractivity contribution is -0.137. The molecule has 4 aliphatic carbocycles. The number of carbonyl (C=O) groups is 2. The van der Waals surface area contributed by atoms with Gasteiger partial charge in [0.15, 0.2) is 11.6 Å². The van der Waals surface area contributed by atoms with Gasteiger partial charge in [0, 0.05) is 12.0 Å². The maximum atomic E-state index is 12.8. The maximum absolute atomic E-state index is 12.8. The minimum absolute atomic E-state index is 0.00680. The van der Waals surface area contributed by atoms with E-state index >= 15 is 0 Å². The molecule has 4 nitrogen and oxygen atoms in total. The van der Waals surface area contributed by atoms with E-state index in [0.717, 1.165) is 44.1 Å². The number of fused-ring (bicyclic) bond motifs is 5. The Morgan fingerprint density at radius 1 is 1.16 bits per heavy atom. The monoisotopic (exact) mass is 344 g/mol. The maximum Gasteiger partial charge on any atom is 0.169 e. The molecule has 3 saturated carbocycles. The quantitative estimate of drug-likeness (QED) is 0.805. The van der Waals surface area contributed by atoms with Gasteiger partial charge in [-0.25, -0.2) is 0 Å². The zero-order valence-corrected chi connectivity index (χ0v) is 15.1. The van der Waals surface area contributed by atoms with Crippen molar-refractivity contribution in [2.24, 2.45) is 34.5 Å². The highest BCUT2D eigenvalue weighted by molar-refractivity contribution is 5.99. The SMILES string of the molecule is C[C@]12C(=O)C=C(O)C=C1CC[C@@H]1[C@@H]2CC[C@]2(C)[C@@H](C(=O)CO)CC[C@@H]12. The van der Waals surface area contributed by atoms with Crippen LogP contribution in [0.2, 0.25) is 0 Å². The first kappa shape index (κ1) is 17.0. The van der Waals surface area contributed by atoms with Crippen molar-refractivity contribution in [3.63, 3.8) is 0 Å². The lowest BCUT2D eigenvalue weighted by atomic mass is 9.47. The van der Waals surface area contributed by atoms with E-state index in [9.17, 15) is 19.8 Å². The molecule has 4 rings (SSSR count). The highest BCUT2D eigenvalue weighted by Crippen LogP contribution is 2.66. The van der Waals surface area contributed by atoms with Gasteiger partial charge in [-0.2, -0.15) is 0 Å². The third-order valence-electron chi connectivity index (χ3n) is 8.25. The molecule has 4 aliphatic rings. The van der Waals surface area contributed by atoms with Crippen LogP contribution in [0.4, 0.5) is 0 Å². The minimum Gasteiger partial charge on any atom is -0.508 e. The van der Waals surface area contributed by atoms with Gasteiger partial charge in [0.05, 0.1) is 5.41 Å². The fourth-order valence-electron chi connectivity index (χ4n) is 6.93. The molecule has 0 aliphatic heterocycles. The Bertz CT molecular complexity index is 690. The highest BCUT2D eigenvalue weighted by Gasteiger charge is 2.61. The Morgan fingerprint density at radius 3 is 2.64 bits per heavy atom. The lowest BCUT2D eigenvalue weighted by Crippen LogP contribution is -2.53. The first-order chi connectivity index (χ1) is 11.8. The molecule has 3 fully saturated rings. The second-order valence-corrected chi connectivity index (χ2v) is 9.02. The summed E-state index contributed by atoms with van der Waals surface area (Å²) >= 11 is 0. The molecule has 2 N–H and O–H groups in total. The molecular formula is C21H28O4. The van der Waals surface area contributed by atoms with Crippen molar-refractivity contribution in [3.8, 4) is 0 Å². The predicted molar refractivity (Wildman–Crippen MR) is 93.8 cm³/mol. The van der Waals surface area contributed by atoms with Gasteiger partial charge >= 0.3 is 0 Å². The summed E-state index contributed by atoms with van der Waals surface area (Å²) in [4.78, 5) is 25.1. The summed E-state index contributed by atoms with van der Waals surface area (Å²) in [5.41, 5.74) is 0.562. The molecule has 0 heterocycles. The van der Waals surface area contributed by atoms with Crippen LogP contribution in [0.1, 0.15) is 52.4 Å². The van der Waals surface area contributed by atoms with E-state index in [4.69, 9.17) is 0 Å². The molecule has 0 saturated heterocycles. The van der Waals surface area contributed by atoms with Gasteiger partial charge in [-0.15, -0.1) is 0 Å². The first-order valence-electron chi connectivity index (χ1n) is 9.62. The van der Waals surface area contributed by atoms with Crippen LogP contribution in [0.3, 0.4) is 0 Å². The number of aliphatic hydroxyl groups is 2. The number of carbonyl (C=O) groups excluding carboxylic acids is 2. The predicted octanol–water partition coefficient (Wildman–Crippen LogP) is 3.36. The van der Waals surface area contributed by atoms with Crippen molar-refractivity contribution in [1.82, 2.24) is 0 Å². The van der Waals surface area contributed by atoms with Crippen molar-refractivity contribution in [1.29, 1.82) is 0 Å². The molecule has 136 valence electrons. The summed E-state index contributed by atoms with van der Waals surface area (Å²) < 4.78 is 0. The largest absolute Gasteiger partial charge is 0.508 e. The van der Waals surface area contributed by atoms with Crippen LogP contribution in [0.25, 0.3) is 0 Å². The Labute approximate surface area is 149 Å². The van der Waals surface area contributed by atoms with Crippen LogP contribution < -0.4 is 0 Å². The number of hydrogen-bond acceptors (Lipinski definition) is 4. The van der Waals surface area contributed by atoms with Crippen molar-refractivity contribution >= 4 is 11.6 Å². The van der Waals surface area contributed by atoms with Gasteiger partial charge in [0.1, 0.15) is 12.4 Å². The normalized spacial score (nSPS) is 45.8. The van der Waals surface area contributed by atoms with Crippen LogP contribution in [-0.2, 0) is 9.59 Å². The fourth-order valence-corrected chi connectivity index (χ4v) is 6.93. The summed E-state index contributed by atoms with van der Waals surface area (Å²) in [6.45, 7) is 3.95. The van der Waals surface area contributed by atoms with Gasteiger partial charge < -0.3 is 10.2 Å². The van der Waals surface area contributed by atoms with E-state index in [0.29, 0.717) is 17.8 Å². The second-order valence-electron chi connectivity index (χ2n) is 9.02. The molecular weight excluding hydrogens is 316 g/mol. The molecule has 6 atom stereocenters. The molecule has 4 heteroatoms. The Morgan fingerprint density at radius 2 is 1.92 bits per heavy atom. The summed E-state index contributed by atoms with van der Waals surface area (Å²) in [6.07, 6.45) is 8.88. The molecule has 0 aromatic rings. The number of rotatable bonds is 2. The van der Waals surface area contributed by atoms with Gasteiger partial charge in [-0.1, -0.05) is 12.5 Å². The molecule has 0 bridgehead atoms. The van der Waals surface area contributed by atoms with Gasteiger partial charge in [-0.05, 0) is 74.7 Å². The Balaban J connectivity index is 1.68. The third-order valence-corrected chi connectivity index (χ3v) is 8.25. The molecule has 0 aromatic heterocycles. The van der Waals surface area contributed by atoms with Crippen molar-refractivity contribution in [2.45, 2.75) is 52.4 Å². The van der Waals surface area contributed by atoms with Crippen LogP contribution in [0.15, 0.2) is 23.5 Å². The minimum atomic E-state index is -0.491. The van der Waals surface area contributed by atoms with Crippen LogP contribution in [0, 0.1) is 34.5 Å². The Hall–Kier alpha value is -1.42. The van der Waals surface area contributed by atoms with Crippen LogP contribution in [-0.4, -0.2) is 28.4 Å². The number of hydrogen-bond donors (Lipinski definition) is 2. The Kier molecular flexibility index (Phi) is 3.77. The third kappa shape index (κ3) is 2.16. The van der Waals surface area contributed by atoms with Crippen molar-refractivity contribution in [2.75, 3.05) is 6.61 Å². The topological polar surface area (TPSA) is 74.6 Å². The number of aliphatic hydroxyl groups excluding tert-OH is 2. The van der Waals surface area contributed by atoms with E-state index in [1.54, 1.807) is 6.08 Å². The van der Waals surface area contributed by atoms with E-state index in [1.165, 1.54) is 6.08 Å². The summed E-state index contributed by atoms with van der Waals surface area (Å²) in [5.74, 6) is 1.30. The van der Waals surface area contributed by atoms with Gasteiger partial charge in [-0.3, -0.25) is 9.59 Å². The molecule has 0 unspecified atom stereocenters. The smallest absolute Gasteiger partial charge is 0.169 e. The van der Waals surface area contributed by atoms with E-state index < -0.39 is 5.41 Å². The summed E-state index contributed by atoms with van der Waals surface area (Å²) in [7, 11) is 0. The average Bonchev–Trinajstić information content (AvgIpc) is 2.93. The van der Waals surface area contributed by atoms with Crippen molar-refractivity contribution < 1.29 is 19.8 Å². The second kappa shape index (κ2) is 5.54. The van der Waals surface area contributed by atoms with E-state index in [-0.39, 0.29) is 35.3 Å². The fraction of sp³-hybridized carbons (Fsp3) is 0.714. The summed E-state index contributed by atoms with van der Waals surface area (Å²) in [6, 6.07) is 0. The molecule has 0 aromatic carbocycles. The average molecular weight is 344 g/mol. The molecule has 0 radical (unpaired) electrons. The van der Waals surface area contributed by atoms with Crippen molar-refractivity contribution in [3.05, 3.63) is 23.5 Å². The van der Waals surface area contributed by atoms with E-state index in [2.05, 4.69) is 13.8 Å². The first-order valence-corrected chi connectivity index (χ1v) is 9.62.